The van der Waals surface area contributed by atoms with Crippen LogP contribution in [-0.4, -0.2) is 57.8 Å². The van der Waals surface area contributed by atoms with Gasteiger partial charge in [-0.05, 0) is 12.1 Å². The van der Waals surface area contributed by atoms with Crippen LogP contribution in [0, 0.1) is 0 Å². The van der Waals surface area contributed by atoms with Crippen LogP contribution in [0.3, 0.4) is 0 Å². The Hall–Kier alpha value is -1.21. The summed E-state index contributed by atoms with van der Waals surface area (Å²) in [5.41, 5.74) is 0.711. The van der Waals surface area contributed by atoms with Gasteiger partial charge in [0.2, 0.25) is 5.91 Å². The van der Waals surface area contributed by atoms with Crippen LogP contribution < -0.4 is 20.1 Å². The van der Waals surface area contributed by atoms with Crippen LogP contribution in [0.2, 0.25) is 0 Å². The topological polar surface area (TPSA) is 62.8 Å². The summed E-state index contributed by atoms with van der Waals surface area (Å²) >= 11 is 0. The summed E-state index contributed by atoms with van der Waals surface area (Å²) in [6.07, 6.45) is 0. The summed E-state index contributed by atoms with van der Waals surface area (Å²) in [5.74, 6) is 1.24. The zero-order chi connectivity index (χ0) is 14.4. The fourth-order valence-corrected chi connectivity index (χ4v) is 2.19. The third-order valence-electron chi connectivity index (χ3n) is 3.24. The smallest absolute Gasteiger partial charge is 0.238 e. The number of carbonyl (C=O) groups is 1. The lowest BCUT2D eigenvalue weighted by Gasteiger charge is -2.26. The van der Waals surface area contributed by atoms with E-state index >= 15 is 0 Å². The number of nitrogens with zero attached hydrogens (tertiary/aromatic N) is 1. The van der Waals surface area contributed by atoms with Crippen LogP contribution >= 0.6 is 24.8 Å². The lowest BCUT2D eigenvalue weighted by molar-refractivity contribution is -0.117. The van der Waals surface area contributed by atoms with Gasteiger partial charge in [-0.3, -0.25) is 9.69 Å². The molecule has 1 aromatic rings. The number of halogens is 2. The van der Waals surface area contributed by atoms with Gasteiger partial charge in [-0.25, -0.2) is 0 Å². The highest BCUT2D eigenvalue weighted by atomic mass is 35.5. The molecule has 0 bridgehead atoms. The van der Waals surface area contributed by atoms with E-state index in [4.69, 9.17) is 9.47 Å². The second-order valence-corrected chi connectivity index (χ2v) is 4.64. The van der Waals surface area contributed by atoms with E-state index in [-0.39, 0.29) is 30.7 Å². The van der Waals surface area contributed by atoms with Crippen LogP contribution in [0.25, 0.3) is 0 Å². The Kier molecular flexibility index (Phi) is 9.93. The standard InChI is InChI=1S/C14H21N3O3.2ClH/c1-19-12-4-3-11(9-13(12)20-2)16-14(18)10-17-7-5-15-6-8-17;;/h3-4,9,15H,5-8,10H2,1-2H3,(H,16,18);2*1H. The van der Waals surface area contributed by atoms with Gasteiger partial charge in [0.1, 0.15) is 0 Å². The molecule has 1 amide bonds. The fraction of sp³-hybridized carbons (Fsp3) is 0.500. The Balaban J connectivity index is 0.00000220. The van der Waals surface area contributed by atoms with E-state index in [1.807, 2.05) is 0 Å². The van der Waals surface area contributed by atoms with Gasteiger partial charge in [-0.2, -0.15) is 0 Å². The summed E-state index contributed by atoms with van der Waals surface area (Å²) in [7, 11) is 3.16. The minimum absolute atomic E-state index is 0. The molecule has 0 aromatic heterocycles. The minimum atomic E-state index is -0.0147. The van der Waals surface area contributed by atoms with Crippen molar-refractivity contribution in [2.45, 2.75) is 0 Å². The number of amides is 1. The number of benzene rings is 1. The van der Waals surface area contributed by atoms with Gasteiger partial charge in [0.05, 0.1) is 20.8 Å². The zero-order valence-corrected chi connectivity index (χ0v) is 14.4. The van der Waals surface area contributed by atoms with E-state index in [1.165, 1.54) is 0 Å². The molecule has 2 N–H and O–H groups in total. The molecule has 2 rings (SSSR count). The monoisotopic (exact) mass is 351 g/mol. The molecule has 0 atom stereocenters. The quantitative estimate of drug-likeness (QED) is 0.839. The number of hydrogen-bond acceptors (Lipinski definition) is 5. The molecule has 0 aliphatic carbocycles. The summed E-state index contributed by atoms with van der Waals surface area (Å²) in [6, 6.07) is 5.34. The molecule has 0 unspecified atom stereocenters. The SMILES string of the molecule is COc1ccc(NC(=O)CN2CCNCC2)cc1OC.Cl.Cl. The highest BCUT2D eigenvalue weighted by Crippen LogP contribution is 2.29. The van der Waals surface area contributed by atoms with Crippen molar-refractivity contribution in [3.05, 3.63) is 18.2 Å². The van der Waals surface area contributed by atoms with Crippen LogP contribution in [0.5, 0.6) is 11.5 Å². The summed E-state index contributed by atoms with van der Waals surface area (Å²) in [5, 5.41) is 6.14. The van der Waals surface area contributed by atoms with E-state index in [0.29, 0.717) is 23.7 Å². The molecule has 1 aliphatic rings. The Morgan fingerprint density at radius 3 is 2.41 bits per heavy atom. The third kappa shape index (κ3) is 5.88. The van der Waals surface area contributed by atoms with Crippen LogP contribution in [0.4, 0.5) is 5.69 Å². The number of anilines is 1. The molecule has 1 aliphatic heterocycles. The molecule has 1 aromatic carbocycles. The van der Waals surface area contributed by atoms with Crippen molar-refractivity contribution in [3.63, 3.8) is 0 Å². The van der Waals surface area contributed by atoms with Crippen molar-refractivity contribution in [1.29, 1.82) is 0 Å². The molecule has 1 fully saturated rings. The van der Waals surface area contributed by atoms with Crippen molar-refractivity contribution in [3.8, 4) is 11.5 Å². The second-order valence-electron chi connectivity index (χ2n) is 4.64. The summed E-state index contributed by atoms with van der Waals surface area (Å²) in [6.45, 7) is 4.09. The van der Waals surface area contributed by atoms with Gasteiger partial charge in [-0.1, -0.05) is 0 Å². The zero-order valence-electron chi connectivity index (χ0n) is 12.8. The molecule has 6 nitrogen and oxygen atoms in total. The number of ether oxygens (including phenoxy) is 2. The number of methoxy groups -OCH3 is 2. The van der Waals surface area contributed by atoms with Gasteiger partial charge < -0.3 is 20.1 Å². The maximum absolute atomic E-state index is 12.0. The molecule has 1 heterocycles. The van der Waals surface area contributed by atoms with E-state index in [2.05, 4.69) is 15.5 Å². The molecule has 22 heavy (non-hydrogen) atoms. The summed E-state index contributed by atoms with van der Waals surface area (Å²) < 4.78 is 10.4. The Bertz CT molecular complexity index is 469. The molecule has 0 radical (unpaired) electrons. The molecule has 1 saturated heterocycles. The van der Waals surface area contributed by atoms with Crippen molar-refractivity contribution in [2.75, 3.05) is 52.3 Å². The molecule has 8 heteroatoms. The van der Waals surface area contributed by atoms with Gasteiger partial charge >= 0.3 is 0 Å². The lowest BCUT2D eigenvalue weighted by Crippen LogP contribution is -2.46. The molecule has 0 spiro atoms. The van der Waals surface area contributed by atoms with Gasteiger partial charge in [-0.15, -0.1) is 24.8 Å². The fourth-order valence-electron chi connectivity index (χ4n) is 2.19. The van der Waals surface area contributed by atoms with Crippen molar-refractivity contribution >= 4 is 36.4 Å². The van der Waals surface area contributed by atoms with Crippen LogP contribution in [0.1, 0.15) is 0 Å². The molecule has 126 valence electrons. The molecule has 0 saturated carbocycles. The van der Waals surface area contributed by atoms with Crippen LogP contribution in [-0.2, 0) is 4.79 Å². The van der Waals surface area contributed by atoms with Gasteiger partial charge in [0, 0.05) is 37.9 Å². The summed E-state index contributed by atoms with van der Waals surface area (Å²) in [4.78, 5) is 14.1. The molecular weight excluding hydrogens is 329 g/mol. The van der Waals surface area contributed by atoms with Crippen molar-refractivity contribution in [1.82, 2.24) is 10.2 Å². The first kappa shape index (κ1) is 20.8. The average Bonchev–Trinajstić information content (AvgIpc) is 2.48. The maximum atomic E-state index is 12.0. The van der Waals surface area contributed by atoms with E-state index in [1.54, 1.807) is 32.4 Å². The van der Waals surface area contributed by atoms with Gasteiger partial charge in [0.25, 0.3) is 0 Å². The first-order valence-corrected chi connectivity index (χ1v) is 6.68. The lowest BCUT2D eigenvalue weighted by atomic mass is 10.2. The Labute approximate surface area is 143 Å². The first-order valence-electron chi connectivity index (χ1n) is 6.68. The normalized spacial score (nSPS) is 14.3. The third-order valence-corrected chi connectivity index (χ3v) is 3.24. The average molecular weight is 352 g/mol. The number of hydrogen-bond donors (Lipinski definition) is 2. The Morgan fingerprint density at radius 2 is 1.82 bits per heavy atom. The number of carbonyl (C=O) groups excluding carboxylic acids is 1. The molecular formula is C14H23Cl2N3O3. The highest BCUT2D eigenvalue weighted by molar-refractivity contribution is 5.92. The first-order chi connectivity index (χ1) is 9.72. The van der Waals surface area contributed by atoms with E-state index in [9.17, 15) is 4.79 Å². The van der Waals surface area contributed by atoms with Crippen molar-refractivity contribution in [2.24, 2.45) is 0 Å². The minimum Gasteiger partial charge on any atom is -0.493 e. The highest BCUT2D eigenvalue weighted by Gasteiger charge is 2.14. The largest absolute Gasteiger partial charge is 0.493 e. The number of piperazine rings is 1. The van der Waals surface area contributed by atoms with E-state index < -0.39 is 0 Å². The second kappa shape index (κ2) is 10.5. The van der Waals surface area contributed by atoms with Crippen molar-refractivity contribution < 1.29 is 14.3 Å². The predicted molar refractivity (Wildman–Crippen MR) is 92.0 cm³/mol. The van der Waals surface area contributed by atoms with Gasteiger partial charge in [0.15, 0.2) is 11.5 Å². The van der Waals surface area contributed by atoms with E-state index in [0.717, 1.165) is 26.2 Å². The predicted octanol–water partition coefficient (Wildman–Crippen LogP) is 1.39. The number of nitrogens with one attached hydrogen (secondary N) is 2. The number of rotatable bonds is 5. The van der Waals surface area contributed by atoms with Crippen LogP contribution in [0.15, 0.2) is 18.2 Å². The Morgan fingerprint density at radius 1 is 1.18 bits per heavy atom. The maximum Gasteiger partial charge on any atom is 0.238 e.